The average molecular weight is 386 g/mol. The SMILES string of the molecule is CC1C(B2NC(C)(C)C(C)(C)O2)=CC=CC1n1c2c(c3ccccc31)CCC=C2. The van der Waals surface area contributed by atoms with Gasteiger partial charge in [-0.1, -0.05) is 49.4 Å². The molecule has 2 aliphatic carbocycles. The van der Waals surface area contributed by atoms with E-state index in [9.17, 15) is 0 Å². The molecule has 3 aliphatic rings. The number of para-hydroxylation sites is 1. The standard InChI is InChI=1S/C25H31BN2O/c1-17-20(26-27-24(2,3)25(4,5)29-26)13-10-16-21(17)28-22-14-8-6-11-18(22)19-12-7-9-15-23(19)28/h6,8-11,13-17,21,27H,7,12H2,1-5H3. The zero-order valence-electron chi connectivity index (χ0n) is 18.2. The topological polar surface area (TPSA) is 26.2 Å². The van der Waals surface area contributed by atoms with Gasteiger partial charge in [0.1, 0.15) is 0 Å². The molecule has 4 heteroatoms. The van der Waals surface area contributed by atoms with E-state index in [1.807, 2.05) is 0 Å². The van der Waals surface area contributed by atoms with Crippen molar-refractivity contribution in [1.82, 2.24) is 9.79 Å². The quantitative estimate of drug-likeness (QED) is 0.692. The van der Waals surface area contributed by atoms with Gasteiger partial charge in [-0.15, -0.1) is 0 Å². The van der Waals surface area contributed by atoms with Gasteiger partial charge >= 0.3 is 7.05 Å². The van der Waals surface area contributed by atoms with Gasteiger partial charge in [-0.05, 0) is 69.6 Å². The minimum absolute atomic E-state index is 0.0457. The summed E-state index contributed by atoms with van der Waals surface area (Å²) in [6, 6.07) is 9.16. The number of hydrogen-bond donors (Lipinski definition) is 1. The fraction of sp³-hybridized carbons (Fsp3) is 0.440. The van der Waals surface area contributed by atoms with Crippen LogP contribution in [0, 0.1) is 5.92 Å². The number of fused-ring (bicyclic) bond motifs is 3. The molecule has 0 amide bonds. The van der Waals surface area contributed by atoms with E-state index in [4.69, 9.17) is 4.65 Å². The van der Waals surface area contributed by atoms with E-state index in [1.54, 1.807) is 0 Å². The molecule has 1 fully saturated rings. The highest BCUT2D eigenvalue weighted by molar-refractivity contribution is 6.59. The third-order valence-electron chi connectivity index (χ3n) is 7.54. The number of aromatic nitrogens is 1. The zero-order chi connectivity index (χ0) is 20.4. The van der Waals surface area contributed by atoms with Crippen molar-refractivity contribution in [2.75, 3.05) is 0 Å². The molecule has 1 aromatic carbocycles. The lowest BCUT2D eigenvalue weighted by molar-refractivity contribution is 0.0740. The van der Waals surface area contributed by atoms with Crippen molar-refractivity contribution < 1.29 is 4.65 Å². The fourth-order valence-electron chi connectivity index (χ4n) is 5.10. The van der Waals surface area contributed by atoms with E-state index < -0.39 is 0 Å². The molecule has 2 aromatic rings. The average Bonchev–Trinajstić information content (AvgIpc) is 3.12. The highest BCUT2D eigenvalue weighted by Crippen LogP contribution is 2.42. The normalized spacial score (nSPS) is 27.3. The van der Waals surface area contributed by atoms with Crippen molar-refractivity contribution in [3.05, 3.63) is 65.3 Å². The Morgan fingerprint density at radius 2 is 1.97 bits per heavy atom. The molecule has 2 unspecified atom stereocenters. The summed E-state index contributed by atoms with van der Waals surface area (Å²) in [6.45, 7) is 11.2. The van der Waals surface area contributed by atoms with Crippen LogP contribution in [-0.2, 0) is 11.1 Å². The predicted octanol–water partition coefficient (Wildman–Crippen LogP) is 5.48. The van der Waals surface area contributed by atoms with Crippen LogP contribution >= 0.6 is 0 Å². The molecule has 3 nitrogen and oxygen atoms in total. The second-order valence-electron chi connectivity index (χ2n) is 9.80. The van der Waals surface area contributed by atoms with Crippen LogP contribution in [0.1, 0.15) is 58.3 Å². The Kier molecular flexibility index (Phi) is 4.24. The second kappa shape index (κ2) is 6.48. The third-order valence-corrected chi connectivity index (χ3v) is 7.54. The highest BCUT2D eigenvalue weighted by Gasteiger charge is 2.51. The Bertz CT molecular complexity index is 1040. The van der Waals surface area contributed by atoms with Gasteiger partial charge in [-0.25, -0.2) is 0 Å². The predicted molar refractivity (Wildman–Crippen MR) is 123 cm³/mol. The molecule has 1 saturated heterocycles. The van der Waals surface area contributed by atoms with Crippen molar-refractivity contribution in [3.8, 4) is 0 Å². The summed E-state index contributed by atoms with van der Waals surface area (Å²) in [5, 5.41) is 5.14. The Labute approximate surface area is 174 Å². The highest BCUT2D eigenvalue weighted by atomic mass is 16.5. The lowest BCUT2D eigenvalue weighted by Gasteiger charge is -2.33. The van der Waals surface area contributed by atoms with Gasteiger partial charge in [0.15, 0.2) is 0 Å². The van der Waals surface area contributed by atoms with Gasteiger partial charge in [0, 0.05) is 22.1 Å². The summed E-state index contributed by atoms with van der Waals surface area (Å²) < 4.78 is 9.06. The first-order valence-electron chi connectivity index (χ1n) is 10.9. The van der Waals surface area contributed by atoms with Crippen LogP contribution in [0.3, 0.4) is 0 Å². The number of rotatable bonds is 2. The maximum atomic E-state index is 6.50. The third kappa shape index (κ3) is 2.80. The van der Waals surface area contributed by atoms with Crippen LogP contribution in [0.5, 0.6) is 0 Å². The molecule has 0 radical (unpaired) electrons. The summed E-state index contributed by atoms with van der Waals surface area (Å²) in [5.41, 5.74) is 5.27. The molecule has 2 heterocycles. The first-order valence-corrected chi connectivity index (χ1v) is 10.9. The van der Waals surface area contributed by atoms with Gasteiger partial charge < -0.3 is 14.4 Å². The van der Waals surface area contributed by atoms with E-state index in [0.29, 0.717) is 5.92 Å². The van der Waals surface area contributed by atoms with E-state index in [-0.39, 0.29) is 24.2 Å². The van der Waals surface area contributed by atoms with Crippen LogP contribution in [0.2, 0.25) is 0 Å². The van der Waals surface area contributed by atoms with Crippen LogP contribution in [0.4, 0.5) is 0 Å². The number of allylic oxidation sites excluding steroid dienone is 5. The van der Waals surface area contributed by atoms with Gasteiger partial charge in [0.05, 0.1) is 11.6 Å². The maximum absolute atomic E-state index is 6.50. The van der Waals surface area contributed by atoms with Crippen molar-refractivity contribution in [3.63, 3.8) is 0 Å². The van der Waals surface area contributed by atoms with Crippen molar-refractivity contribution in [2.24, 2.45) is 5.92 Å². The zero-order valence-corrected chi connectivity index (χ0v) is 18.2. The molecule has 0 bridgehead atoms. The van der Waals surface area contributed by atoms with E-state index in [1.165, 1.54) is 27.6 Å². The summed E-state index contributed by atoms with van der Waals surface area (Å²) in [7, 11) is -0.0457. The Morgan fingerprint density at radius 1 is 1.17 bits per heavy atom. The molecule has 1 aliphatic heterocycles. The second-order valence-corrected chi connectivity index (χ2v) is 9.80. The number of hydrogen-bond acceptors (Lipinski definition) is 2. The minimum atomic E-state index is -0.211. The number of aryl methyl sites for hydroxylation is 1. The van der Waals surface area contributed by atoms with Gasteiger partial charge in [-0.2, -0.15) is 0 Å². The Morgan fingerprint density at radius 3 is 2.72 bits per heavy atom. The number of nitrogens with zero attached hydrogens (tertiary/aromatic N) is 1. The molecule has 150 valence electrons. The van der Waals surface area contributed by atoms with Crippen molar-refractivity contribution in [2.45, 2.75) is 64.6 Å². The monoisotopic (exact) mass is 386 g/mol. The number of benzene rings is 1. The van der Waals surface area contributed by atoms with Crippen molar-refractivity contribution in [1.29, 1.82) is 0 Å². The van der Waals surface area contributed by atoms with Gasteiger partial charge in [0.2, 0.25) is 0 Å². The summed E-state index contributed by atoms with van der Waals surface area (Å²) in [4.78, 5) is 0. The van der Waals surface area contributed by atoms with Crippen molar-refractivity contribution >= 4 is 24.0 Å². The van der Waals surface area contributed by atoms with Crippen LogP contribution in [0.25, 0.3) is 17.0 Å². The maximum Gasteiger partial charge on any atom is 0.412 e. The lowest BCUT2D eigenvalue weighted by atomic mass is 9.63. The van der Waals surface area contributed by atoms with Crippen LogP contribution < -0.4 is 5.23 Å². The Balaban J connectivity index is 1.56. The first kappa shape index (κ1) is 19.0. The molecular weight excluding hydrogens is 355 g/mol. The molecule has 1 aromatic heterocycles. The fourth-order valence-corrected chi connectivity index (χ4v) is 5.10. The largest absolute Gasteiger partial charge is 0.412 e. The van der Waals surface area contributed by atoms with Crippen LogP contribution in [-0.4, -0.2) is 22.8 Å². The van der Waals surface area contributed by atoms with Gasteiger partial charge in [0.25, 0.3) is 0 Å². The van der Waals surface area contributed by atoms with Gasteiger partial charge in [-0.3, -0.25) is 0 Å². The molecular formula is C25H31BN2O. The molecule has 5 rings (SSSR count). The summed E-state index contributed by atoms with van der Waals surface area (Å²) in [5.74, 6) is 0.345. The molecule has 0 saturated carbocycles. The molecule has 29 heavy (non-hydrogen) atoms. The Hall–Kier alpha value is -2.04. The van der Waals surface area contributed by atoms with Crippen LogP contribution in [0.15, 0.2) is 54.0 Å². The first-order chi connectivity index (χ1) is 13.8. The lowest BCUT2D eigenvalue weighted by Crippen LogP contribution is -2.50. The molecule has 0 spiro atoms. The molecule has 1 N–H and O–H groups in total. The summed E-state index contributed by atoms with van der Waals surface area (Å²) >= 11 is 0. The minimum Gasteiger partial charge on any atom is -0.411 e. The van der Waals surface area contributed by atoms with E-state index in [0.717, 1.165) is 12.8 Å². The smallest absolute Gasteiger partial charge is 0.411 e. The summed E-state index contributed by atoms with van der Waals surface area (Å²) in [6.07, 6.45) is 13.7. The number of nitrogens with one attached hydrogen (secondary N) is 1. The van der Waals surface area contributed by atoms with E-state index in [2.05, 4.69) is 99.1 Å². The van der Waals surface area contributed by atoms with E-state index >= 15 is 0 Å². The molecule has 2 atom stereocenters.